The molecule has 0 saturated heterocycles. The molecule has 0 radical (unpaired) electrons. The summed E-state index contributed by atoms with van der Waals surface area (Å²) in [5.41, 5.74) is 8.71. The molecule has 0 bridgehead atoms. The Kier molecular flexibility index (Phi) is 5.50. The van der Waals surface area contributed by atoms with Crippen molar-refractivity contribution in [3.05, 3.63) is 65.7 Å². The third-order valence-electron chi connectivity index (χ3n) is 3.17. The number of nitrogens with two attached hydrogens (primary N) is 1. The first kappa shape index (κ1) is 14.9. The van der Waals surface area contributed by atoms with E-state index >= 15 is 0 Å². The molecule has 2 rings (SSSR count). The fraction of sp³-hybridized carbons (Fsp3) is 0.294. The Bertz CT molecular complexity index is 528. The maximum absolute atomic E-state index is 6.16. The molecule has 106 valence electrons. The van der Waals surface area contributed by atoms with E-state index in [-0.39, 0.29) is 11.3 Å². The number of ether oxygens (including phenoxy) is 1. The van der Waals surface area contributed by atoms with E-state index in [9.17, 15) is 0 Å². The molecule has 2 unspecified atom stereocenters. The van der Waals surface area contributed by atoms with E-state index in [0.717, 1.165) is 11.5 Å². The zero-order chi connectivity index (χ0) is 14.4. The summed E-state index contributed by atoms with van der Waals surface area (Å²) < 4.78 is 5.30. The molecule has 0 saturated carbocycles. The van der Waals surface area contributed by atoms with Crippen LogP contribution >= 0.6 is 11.8 Å². The molecule has 2 aromatic rings. The summed E-state index contributed by atoms with van der Waals surface area (Å²) in [7, 11) is 1.69. The normalized spacial score (nSPS) is 13.8. The summed E-state index contributed by atoms with van der Waals surface area (Å²) in [6.07, 6.45) is 0. The average Bonchev–Trinajstić information content (AvgIpc) is 2.48. The van der Waals surface area contributed by atoms with Crippen molar-refractivity contribution in [2.45, 2.75) is 24.0 Å². The molecule has 20 heavy (non-hydrogen) atoms. The Labute approximate surface area is 125 Å². The molecule has 2 nitrogen and oxygen atoms in total. The second-order valence-electron chi connectivity index (χ2n) is 4.85. The van der Waals surface area contributed by atoms with Crippen LogP contribution in [0.15, 0.2) is 54.6 Å². The maximum atomic E-state index is 6.16. The van der Waals surface area contributed by atoms with Gasteiger partial charge in [-0.2, -0.15) is 0 Å². The smallest absolute Gasteiger partial charge is 0.119 e. The lowest BCUT2D eigenvalue weighted by Crippen LogP contribution is -2.22. The van der Waals surface area contributed by atoms with Gasteiger partial charge in [0.05, 0.1) is 7.11 Å². The first-order chi connectivity index (χ1) is 9.70. The Morgan fingerprint density at radius 1 is 1.10 bits per heavy atom. The standard InChI is InChI=1S/C17H21NOS/c1-13(18)17(15-9-6-10-16(11-15)19-2)20-12-14-7-4-3-5-8-14/h3-11,13,17H,12,18H2,1-2H3. The van der Waals surface area contributed by atoms with Gasteiger partial charge < -0.3 is 10.5 Å². The van der Waals surface area contributed by atoms with E-state index in [2.05, 4.69) is 43.3 Å². The summed E-state index contributed by atoms with van der Waals surface area (Å²) in [5, 5.41) is 0.269. The Morgan fingerprint density at radius 3 is 2.50 bits per heavy atom. The highest BCUT2D eigenvalue weighted by molar-refractivity contribution is 7.98. The van der Waals surface area contributed by atoms with Gasteiger partial charge in [-0.1, -0.05) is 42.5 Å². The maximum Gasteiger partial charge on any atom is 0.119 e. The topological polar surface area (TPSA) is 35.2 Å². The predicted molar refractivity (Wildman–Crippen MR) is 87.1 cm³/mol. The molecule has 0 aliphatic carbocycles. The number of methoxy groups -OCH3 is 1. The number of rotatable bonds is 6. The van der Waals surface area contributed by atoms with Crippen LogP contribution in [0.2, 0.25) is 0 Å². The molecule has 0 spiro atoms. The van der Waals surface area contributed by atoms with Gasteiger partial charge in [-0.15, -0.1) is 11.8 Å². The fourth-order valence-corrected chi connectivity index (χ4v) is 3.34. The van der Waals surface area contributed by atoms with Gasteiger partial charge in [0.15, 0.2) is 0 Å². The van der Waals surface area contributed by atoms with Crippen LogP contribution in [0, 0.1) is 0 Å². The predicted octanol–water partition coefficient (Wildman–Crippen LogP) is 4.02. The van der Waals surface area contributed by atoms with Crippen molar-refractivity contribution in [3.8, 4) is 5.75 Å². The van der Waals surface area contributed by atoms with Gasteiger partial charge in [0.1, 0.15) is 5.75 Å². The van der Waals surface area contributed by atoms with Crippen LogP contribution in [0.4, 0.5) is 0 Å². The Balaban J connectivity index is 2.10. The molecule has 0 fully saturated rings. The van der Waals surface area contributed by atoms with E-state index in [0.29, 0.717) is 0 Å². The van der Waals surface area contributed by atoms with Gasteiger partial charge in [-0.3, -0.25) is 0 Å². The van der Waals surface area contributed by atoms with Crippen molar-refractivity contribution in [2.24, 2.45) is 5.73 Å². The minimum absolute atomic E-state index is 0.0934. The van der Waals surface area contributed by atoms with Gasteiger partial charge in [0, 0.05) is 17.0 Å². The molecule has 0 amide bonds. The highest BCUT2D eigenvalue weighted by atomic mass is 32.2. The van der Waals surface area contributed by atoms with Crippen molar-refractivity contribution >= 4 is 11.8 Å². The summed E-state index contributed by atoms with van der Waals surface area (Å²) in [5.74, 6) is 1.85. The van der Waals surface area contributed by atoms with Crippen molar-refractivity contribution in [2.75, 3.05) is 7.11 Å². The van der Waals surface area contributed by atoms with E-state index in [1.807, 2.05) is 30.0 Å². The lowest BCUT2D eigenvalue weighted by atomic mass is 10.1. The molecule has 0 aliphatic rings. The zero-order valence-electron chi connectivity index (χ0n) is 12.0. The van der Waals surface area contributed by atoms with Gasteiger partial charge in [0.25, 0.3) is 0 Å². The largest absolute Gasteiger partial charge is 0.497 e. The van der Waals surface area contributed by atoms with Crippen molar-refractivity contribution in [3.63, 3.8) is 0 Å². The van der Waals surface area contributed by atoms with Crippen LogP contribution in [-0.2, 0) is 5.75 Å². The second-order valence-corrected chi connectivity index (χ2v) is 5.98. The van der Waals surface area contributed by atoms with Crippen LogP contribution in [0.3, 0.4) is 0 Å². The number of thioether (sulfide) groups is 1. The molecule has 2 N–H and O–H groups in total. The highest BCUT2D eigenvalue weighted by Crippen LogP contribution is 2.35. The van der Waals surface area contributed by atoms with Crippen LogP contribution < -0.4 is 10.5 Å². The SMILES string of the molecule is COc1cccc(C(SCc2ccccc2)C(C)N)c1. The molecular formula is C17H21NOS. The highest BCUT2D eigenvalue weighted by Gasteiger charge is 2.17. The first-order valence-corrected chi connectivity index (χ1v) is 7.80. The number of hydrogen-bond donors (Lipinski definition) is 1. The lowest BCUT2D eigenvalue weighted by molar-refractivity contribution is 0.414. The Morgan fingerprint density at radius 2 is 1.85 bits per heavy atom. The van der Waals surface area contributed by atoms with E-state index < -0.39 is 0 Å². The summed E-state index contributed by atoms with van der Waals surface area (Å²) in [6, 6.07) is 18.8. The van der Waals surface area contributed by atoms with Crippen molar-refractivity contribution in [1.82, 2.24) is 0 Å². The van der Waals surface area contributed by atoms with Crippen LogP contribution in [-0.4, -0.2) is 13.2 Å². The minimum atomic E-state index is 0.0934. The molecule has 2 atom stereocenters. The molecular weight excluding hydrogens is 266 g/mol. The fourth-order valence-electron chi connectivity index (χ4n) is 2.13. The van der Waals surface area contributed by atoms with Crippen LogP contribution in [0.25, 0.3) is 0 Å². The Hall–Kier alpha value is -1.45. The third-order valence-corrected chi connectivity index (χ3v) is 4.73. The van der Waals surface area contributed by atoms with E-state index in [1.165, 1.54) is 11.1 Å². The van der Waals surface area contributed by atoms with Gasteiger partial charge in [-0.05, 0) is 30.2 Å². The van der Waals surface area contributed by atoms with Crippen molar-refractivity contribution < 1.29 is 4.74 Å². The monoisotopic (exact) mass is 287 g/mol. The summed E-state index contributed by atoms with van der Waals surface area (Å²) in [4.78, 5) is 0. The van der Waals surface area contributed by atoms with E-state index in [1.54, 1.807) is 7.11 Å². The zero-order valence-corrected chi connectivity index (χ0v) is 12.8. The summed E-state index contributed by atoms with van der Waals surface area (Å²) in [6.45, 7) is 2.06. The molecule has 0 heterocycles. The van der Waals surface area contributed by atoms with Crippen LogP contribution in [0.5, 0.6) is 5.75 Å². The summed E-state index contributed by atoms with van der Waals surface area (Å²) >= 11 is 1.87. The van der Waals surface area contributed by atoms with Gasteiger partial charge in [-0.25, -0.2) is 0 Å². The minimum Gasteiger partial charge on any atom is -0.497 e. The van der Waals surface area contributed by atoms with Crippen LogP contribution in [0.1, 0.15) is 23.3 Å². The number of hydrogen-bond acceptors (Lipinski definition) is 3. The van der Waals surface area contributed by atoms with E-state index in [4.69, 9.17) is 10.5 Å². The lowest BCUT2D eigenvalue weighted by Gasteiger charge is -2.21. The third kappa shape index (κ3) is 4.02. The van der Waals surface area contributed by atoms with Crippen molar-refractivity contribution in [1.29, 1.82) is 0 Å². The number of benzene rings is 2. The van der Waals surface area contributed by atoms with Gasteiger partial charge >= 0.3 is 0 Å². The quantitative estimate of drug-likeness (QED) is 0.871. The first-order valence-electron chi connectivity index (χ1n) is 6.76. The molecule has 0 aliphatic heterocycles. The molecule has 2 aromatic carbocycles. The average molecular weight is 287 g/mol. The molecule has 0 aromatic heterocycles. The molecule has 3 heteroatoms. The van der Waals surface area contributed by atoms with Gasteiger partial charge in [0.2, 0.25) is 0 Å². The second kappa shape index (κ2) is 7.36.